The van der Waals surface area contributed by atoms with E-state index in [0.29, 0.717) is 6.61 Å². The number of methoxy groups -OCH3 is 1. The van der Waals surface area contributed by atoms with Crippen molar-refractivity contribution < 1.29 is 23.4 Å². The van der Waals surface area contributed by atoms with Crippen LogP contribution in [-0.2, 0) is 30.0 Å². The molecule has 0 amide bonds. The standard InChI is InChI=1S/C29H42O5Si/c1-9-16-25(34-35(7,8)29(3,4)5)26(22(2)32-21-23-17-12-10-13-18-23)33-28(30)27(31-6)24-19-14-11-15-20-24/h9-20,22,25-27H,21H2,1-8H3/b16-9+/t22-,25-,26-,27-/m0/s1. The summed E-state index contributed by atoms with van der Waals surface area (Å²) in [6.45, 7) is 15.2. The van der Waals surface area contributed by atoms with Crippen LogP contribution >= 0.6 is 0 Å². The number of benzene rings is 2. The minimum Gasteiger partial charge on any atom is -0.454 e. The molecular formula is C29H42O5Si. The molecule has 0 aliphatic rings. The number of esters is 1. The molecule has 0 bridgehead atoms. The molecule has 192 valence electrons. The minimum absolute atomic E-state index is 0.00533. The lowest BCUT2D eigenvalue weighted by Crippen LogP contribution is -2.50. The molecule has 0 saturated carbocycles. The van der Waals surface area contributed by atoms with E-state index in [9.17, 15) is 4.79 Å². The van der Waals surface area contributed by atoms with Crippen LogP contribution in [0.5, 0.6) is 0 Å². The van der Waals surface area contributed by atoms with Gasteiger partial charge in [0, 0.05) is 7.11 Å². The number of hydrogen-bond donors (Lipinski definition) is 0. The molecule has 2 rings (SSSR count). The Balaban J connectivity index is 2.34. The first-order valence-corrected chi connectivity index (χ1v) is 15.2. The fourth-order valence-electron chi connectivity index (χ4n) is 3.44. The molecule has 0 aliphatic heterocycles. The second kappa shape index (κ2) is 13.2. The van der Waals surface area contributed by atoms with Crippen molar-refractivity contribution in [2.45, 2.75) is 83.8 Å². The van der Waals surface area contributed by atoms with Crippen molar-refractivity contribution in [2.24, 2.45) is 0 Å². The topological polar surface area (TPSA) is 54.0 Å². The van der Waals surface area contributed by atoms with Crippen LogP contribution in [-0.4, -0.2) is 39.7 Å². The summed E-state index contributed by atoms with van der Waals surface area (Å²) >= 11 is 0. The molecule has 0 aromatic heterocycles. The highest BCUT2D eigenvalue weighted by Gasteiger charge is 2.42. The first-order valence-electron chi connectivity index (χ1n) is 12.2. The maximum atomic E-state index is 13.4. The van der Waals surface area contributed by atoms with Crippen LogP contribution in [0.2, 0.25) is 18.1 Å². The molecule has 0 fully saturated rings. The predicted octanol–water partition coefficient (Wildman–Crippen LogP) is 6.86. The van der Waals surface area contributed by atoms with Gasteiger partial charge in [0.15, 0.2) is 20.5 Å². The zero-order valence-electron chi connectivity index (χ0n) is 22.5. The van der Waals surface area contributed by atoms with E-state index in [4.69, 9.17) is 18.6 Å². The summed E-state index contributed by atoms with van der Waals surface area (Å²) < 4.78 is 24.6. The summed E-state index contributed by atoms with van der Waals surface area (Å²) in [6, 6.07) is 19.3. The van der Waals surface area contributed by atoms with Crippen molar-refractivity contribution in [3.63, 3.8) is 0 Å². The highest BCUT2D eigenvalue weighted by atomic mass is 28.4. The third-order valence-corrected chi connectivity index (χ3v) is 11.0. The summed E-state index contributed by atoms with van der Waals surface area (Å²) in [7, 11) is -0.668. The van der Waals surface area contributed by atoms with E-state index in [1.165, 1.54) is 7.11 Å². The fraction of sp³-hybridized carbons (Fsp3) is 0.483. The average Bonchev–Trinajstić information content (AvgIpc) is 2.82. The van der Waals surface area contributed by atoms with Gasteiger partial charge >= 0.3 is 5.97 Å². The molecule has 2 aromatic rings. The normalized spacial score (nSPS) is 16.0. The Morgan fingerprint density at radius 1 is 1.00 bits per heavy atom. The van der Waals surface area contributed by atoms with Crippen molar-refractivity contribution in [1.82, 2.24) is 0 Å². The van der Waals surface area contributed by atoms with Crippen molar-refractivity contribution in [3.8, 4) is 0 Å². The number of carbonyl (C=O) groups is 1. The Kier molecular flexibility index (Phi) is 10.9. The van der Waals surface area contributed by atoms with Gasteiger partial charge in [0.05, 0.1) is 12.7 Å². The number of rotatable bonds is 12. The van der Waals surface area contributed by atoms with Gasteiger partial charge < -0.3 is 18.6 Å². The number of ether oxygens (including phenoxy) is 3. The SMILES string of the molecule is C/C=C/[C@H](O[Si](C)(C)C(C)(C)C)[C@@H](OC(=O)[C@@H](OC)c1ccccc1)[C@H](C)OCc1ccccc1. The lowest BCUT2D eigenvalue weighted by molar-refractivity contribution is -0.176. The maximum absolute atomic E-state index is 13.4. The molecule has 0 spiro atoms. The second-order valence-corrected chi connectivity index (χ2v) is 15.1. The Morgan fingerprint density at radius 2 is 1.57 bits per heavy atom. The van der Waals surface area contributed by atoms with E-state index in [-0.39, 0.29) is 5.04 Å². The molecule has 35 heavy (non-hydrogen) atoms. The van der Waals surface area contributed by atoms with Gasteiger partial charge in [0.1, 0.15) is 6.10 Å². The van der Waals surface area contributed by atoms with E-state index in [1.54, 1.807) is 0 Å². The Morgan fingerprint density at radius 3 is 2.09 bits per heavy atom. The summed E-state index contributed by atoms with van der Waals surface area (Å²) in [5.74, 6) is -0.466. The molecule has 0 unspecified atom stereocenters. The van der Waals surface area contributed by atoms with E-state index >= 15 is 0 Å². The predicted molar refractivity (Wildman–Crippen MR) is 144 cm³/mol. The lowest BCUT2D eigenvalue weighted by atomic mass is 10.1. The molecule has 0 saturated heterocycles. The van der Waals surface area contributed by atoms with Crippen LogP contribution in [0.25, 0.3) is 0 Å². The third-order valence-electron chi connectivity index (χ3n) is 6.57. The van der Waals surface area contributed by atoms with Gasteiger partial charge in [0.25, 0.3) is 0 Å². The second-order valence-electron chi connectivity index (χ2n) is 10.3. The van der Waals surface area contributed by atoms with E-state index in [2.05, 4.69) is 33.9 Å². The Hall–Kier alpha value is -2.25. The summed E-state index contributed by atoms with van der Waals surface area (Å²) in [5, 5.41) is -0.00533. The van der Waals surface area contributed by atoms with Crippen LogP contribution in [0.3, 0.4) is 0 Å². The molecule has 4 atom stereocenters. The third kappa shape index (κ3) is 8.42. The van der Waals surface area contributed by atoms with Crippen LogP contribution in [0.1, 0.15) is 51.8 Å². The smallest absolute Gasteiger partial charge is 0.340 e. The molecule has 0 heterocycles. The monoisotopic (exact) mass is 498 g/mol. The van der Waals surface area contributed by atoms with Gasteiger partial charge in [-0.1, -0.05) is 93.6 Å². The van der Waals surface area contributed by atoms with Crippen molar-refractivity contribution in [3.05, 3.63) is 83.9 Å². The molecule has 5 nitrogen and oxygen atoms in total. The lowest BCUT2D eigenvalue weighted by Gasteiger charge is -2.41. The number of carbonyl (C=O) groups excluding carboxylic acids is 1. The highest BCUT2D eigenvalue weighted by molar-refractivity contribution is 6.74. The Labute approximate surface area is 212 Å². The van der Waals surface area contributed by atoms with Gasteiger partial charge in [0.2, 0.25) is 0 Å². The zero-order valence-corrected chi connectivity index (χ0v) is 23.5. The summed E-state index contributed by atoms with van der Waals surface area (Å²) in [5.41, 5.74) is 1.79. The summed E-state index contributed by atoms with van der Waals surface area (Å²) in [6.07, 6.45) is 1.54. The van der Waals surface area contributed by atoms with Crippen LogP contribution in [0.4, 0.5) is 0 Å². The molecule has 0 aliphatic carbocycles. The van der Waals surface area contributed by atoms with Gasteiger partial charge in [-0.2, -0.15) is 0 Å². The van der Waals surface area contributed by atoms with Crippen molar-refractivity contribution >= 4 is 14.3 Å². The van der Waals surface area contributed by atoms with Crippen LogP contribution < -0.4 is 0 Å². The minimum atomic E-state index is -2.18. The van der Waals surface area contributed by atoms with E-state index in [1.807, 2.05) is 86.7 Å². The maximum Gasteiger partial charge on any atom is 0.340 e. The molecular weight excluding hydrogens is 456 g/mol. The van der Waals surface area contributed by atoms with Crippen LogP contribution in [0.15, 0.2) is 72.8 Å². The van der Waals surface area contributed by atoms with Crippen molar-refractivity contribution in [1.29, 1.82) is 0 Å². The summed E-state index contributed by atoms with van der Waals surface area (Å²) in [4.78, 5) is 13.4. The average molecular weight is 499 g/mol. The molecule has 6 heteroatoms. The quantitative estimate of drug-likeness (QED) is 0.182. The molecule has 0 N–H and O–H groups in total. The van der Waals surface area contributed by atoms with Crippen molar-refractivity contribution in [2.75, 3.05) is 7.11 Å². The van der Waals surface area contributed by atoms with Gasteiger partial charge in [-0.15, -0.1) is 0 Å². The number of hydrogen-bond acceptors (Lipinski definition) is 5. The first kappa shape index (κ1) is 29.0. The largest absolute Gasteiger partial charge is 0.454 e. The number of allylic oxidation sites excluding steroid dienone is 1. The highest BCUT2D eigenvalue weighted by Crippen LogP contribution is 2.38. The van der Waals surface area contributed by atoms with E-state index in [0.717, 1.165) is 11.1 Å². The fourth-order valence-corrected chi connectivity index (χ4v) is 4.69. The Bertz CT molecular complexity index is 921. The van der Waals surface area contributed by atoms with Gasteiger partial charge in [-0.25, -0.2) is 4.79 Å². The van der Waals surface area contributed by atoms with Crippen LogP contribution in [0, 0.1) is 0 Å². The van der Waals surface area contributed by atoms with Gasteiger partial charge in [-0.3, -0.25) is 0 Å². The van der Waals surface area contributed by atoms with Gasteiger partial charge in [-0.05, 0) is 43.1 Å². The first-order chi connectivity index (χ1) is 16.5. The van der Waals surface area contributed by atoms with E-state index < -0.39 is 38.7 Å². The zero-order chi connectivity index (χ0) is 26.1. The molecule has 2 aromatic carbocycles. The molecule has 0 radical (unpaired) electrons.